The van der Waals surface area contributed by atoms with E-state index in [0.29, 0.717) is 18.4 Å². The molecule has 2 rings (SSSR count). The van der Waals surface area contributed by atoms with E-state index in [4.69, 9.17) is 5.11 Å². The van der Waals surface area contributed by atoms with Crippen LogP contribution in [0.4, 0.5) is 0 Å². The van der Waals surface area contributed by atoms with Crippen LogP contribution in [-0.2, 0) is 4.79 Å². The second-order valence-corrected chi connectivity index (χ2v) is 6.68. The summed E-state index contributed by atoms with van der Waals surface area (Å²) in [6.07, 6.45) is 5.54. The van der Waals surface area contributed by atoms with Crippen LogP contribution in [0.3, 0.4) is 0 Å². The third kappa shape index (κ3) is 5.36. The number of nitrogens with zero attached hydrogens (tertiary/aromatic N) is 1. The fourth-order valence-electron chi connectivity index (χ4n) is 2.86. The summed E-state index contributed by atoms with van der Waals surface area (Å²) >= 11 is 1.82. The number of aliphatic hydroxyl groups excluding tert-OH is 1. The molecule has 0 spiro atoms. The highest BCUT2D eigenvalue weighted by Gasteiger charge is 2.27. The Morgan fingerprint density at radius 1 is 1.29 bits per heavy atom. The van der Waals surface area contributed by atoms with Crippen molar-refractivity contribution in [1.29, 1.82) is 0 Å². The summed E-state index contributed by atoms with van der Waals surface area (Å²) in [5.41, 5.74) is 0. The number of aliphatic hydroxyl groups is 1. The van der Waals surface area contributed by atoms with E-state index in [-0.39, 0.29) is 6.61 Å². The van der Waals surface area contributed by atoms with Gasteiger partial charge < -0.3 is 10.0 Å². The van der Waals surface area contributed by atoms with Gasteiger partial charge in [0.2, 0.25) is 5.91 Å². The van der Waals surface area contributed by atoms with Crippen LogP contribution in [0.15, 0.2) is 35.2 Å². The largest absolute Gasteiger partial charge is 0.396 e. The van der Waals surface area contributed by atoms with E-state index in [1.54, 1.807) is 0 Å². The summed E-state index contributed by atoms with van der Waals surface area (Å²) in [5, 5.41) is 8.93. The molecule has 1 heterocycles. The van der Waals surface area contributed by atoms with Gasteiger partial charge in [0, 0.05) is 30.5 Å². The molecule has 1 aromatic carbocycles. The number of hydrogen-bond acceptors (Lipinski definition) is 3. The van der Waals surface area contributed by atoms with Gasteiger partial charge in [-0.3, -0.25) is 4.79 Å². The number of carbonyl (C=O) groups excluding carboxylic acids is 1. The molecule has 1 amide bonds. The quantitative estimate of drug-likeness (QED) is 0.591. The Kier molecular flexibility index (Phi) is 7.10. The molecule has 1 N–H and O–H groups in total. The Hall–Kier alpha value is -1.00. The average molecular weight is 307 g/mol. The normalized spacial score (nSPS) is 18.1. The molecule has 1 saturated heterocycles. The van der Waals surface area contributed by atoms with E-state index in [0.717, 1.165) is 44.4 Å². The zero-order valence-electron chi connectivity index (χ0n) is 12.5. The van der Waals surface area contributed by atoms with Gasteiger partial charge in [-0.1, -0.05) is 18.2 Å². The van der Waals surface area contributed by atoms with Crippen molar-refractivity contribution in [3.63, 3.8) is 0 Å². The van der Waals surface area contributed by atoms with Crippen LogP contribution >= 0.6 is 11.8 Å². The Bertz CT molecular complexity index is 424. The highest BCUT2D eigenvalue weighted by Crippen LogP contribution is 2.23. The second-order valence-electron chi connectivity index (χ2n) is 5.51. The van der Waals surface area contributed by atoms with Crippen LogP contribution in [0.2, 0.25) is 0 Å². The van der Waals surface area contributed by atoms with Crippen LogP contribution < -0.4 is 0 Å². The molecule has 3 nitrogen and oxygen atoms in total. The first-order valence-electron chi connectivity index (χ1n) is 7.89. The van der Waals surface area contributed by atoms with Crippen molar-refractivity contribution in [2.75, 3.05) is 18.9 Å². The lowest BCUT2D eigenvalue weighted by Crippen LogP contribution is -2.35. The highest BCUT2D eigenvalue weighted by atomic mass is 32.2. The SMILES string of the molecule is O=C(CCCSc1ccccc1)N1CCCC1CCCO. The van der Waals surface area contributed by atoms with Crippen molar-refractivity contribution in [3.8, 4) is 0 Å². The van der Waals surface area contributed by atoms with E-state index in [9.17, 15) is 4.79 Å². The number of benzene rings is 1. The summed E-state index contributed by atoms with van der Waals surface area (Å²) in [4.78, 5) is 15.6. The zero-order chi connectivity index (χ0) is 14.9. The maximum Gasteiger partial charge on any atom is 0.222 e. The van der Waals surface area contributed by atoms with Crippen molar-refractivity contribution < 1.29 is 9.90 Å². The molecule has 1 fully saturated rings. The van der Waals surface area contributed by atoms with Gasteiger partial charge in [-0.15, -0.1) is 11.8 Å². The molecule has 116 valence electrons. The first-order valence-corrected chi connectivity index (χ1v) is 8.88. The number of likely N-dealkylation sites (tertiary alicyclic amines) is 1. The van der Waals surface area contributed by atoms with Crippen molar-refractivity contribution >= 4 is 17.7 Å². The van der Waals surface area contributed by atoms with Gasteiger partial charge in [-0.25, -0.2) is 0 Å². The van der Waals surface area contributed by atoms with Gasteiger partial charge in [0.1, 0.15) is 0 Å². The monoisotopic (exact) mass is 307 g/mol. The van der Waals surface area contributed by atoms with Crippen LogP contribution in [0.1, 0.15) is 38.5 Å². The average Bonchev–Trinajstić information content (AvgIpc) is 2.99. The molecule has 1 atom stereocenters. The third-order valence-electron chi connectivity index (χ3n) is 3.94. The van der Waals surface area contributed by atoms with Crippen molar-refractivity contribution in [2.24, 2.45) is 0 Å². The Morgan fingerprint density at radius 2 is 2.10 bits per heavy atom. The predicted molar refractivity (Wildman–Crippen MR) is 87.5 cm³/mol. The summed E-state index contributed by atoms with van der Waals surface area (Å²) in [7, 11) is 0. The zero-order valence-corrected chi connectivity index (χ0v) is 13.4. The van der Waals surface area contributed by atoms with E-state index in [1.165, 1.54) is 4.90 Å². The summed E-state index contributed by atoms with van der Waals surface area (Å²) in [5.74, 6) is 1.29. The van der Waals surface area contributed by atoms with Crippen molar-refractivity contribution in [1.82, 2.24) is 4.90 Å². The van der Waals surface area contributed by atoms with E-state index < -0.39 is 0 Å². The molecule has 21 heavy (non-hydrogen) atoms. The molecule has 0 aliphatic carbocycles. The molecule has 0 radical (unpaired) electrons. The lowest BCUT2D eigenvalue weighted by Gasteiger charge is -2.24. The minimum atomic E-state index is 0.228. The molecule has 0 bridgehead atoms. The fourth-order valence-corrected chi connectivity index (χ4v) is 3.74. The van der Waals surface area contributed by atoms with Crippen molar-refractivity contribution in [3.05, 3.63) is 30.3 Å². The molecule has 4 heteroatoms. The molecule has 0 aromatic heterocycles. The summed E-state index contributed by atoms with van der Waals surface area (Å²) in [6.45, 7) is 1.13. The first-order chi connectivity index (χ1) is 10.3. The van der Waals surface area contributed by atoms with Gasteiger partial charge in [-0.05, 0) is 50.0 Å². The fraction of sp³-hybridized carbons (Fsp3) is 0.588. The molecule has 1 aromatic rings. The first kappa shape index (κ1) is 16.4. The number of rotatable bonds is 8. The molecule has 0 saturated carbocycles. The van der Waals surface area contributed by atoms with Crippen LogP contribution in [-0.4, -0.2) is 40.9 Å². The standard InChI is InChI=1S/C17H25NO2S/c19-13-5-8-15-7-4-12-18(15)17(20)11-6-14-21-16-9-2-1-3-10-16/h1-3,9-10,15,19H,4-8,11-14H2. The van der Waals surface area contributed by atoms with Gasteiger partial charge >= 0.3 is 0 Å². The summed E-state index contributed by atoms with van der Waals surface area (Å²) in [6, 6.07) is 10.7. The van der Waals surface area contributed by atoms with Crippen molar-refractivity contribution in [2.45, 2.75) is 49.5 Å². The lowest BCUT2D eigenvalue weighted by atomic mass is 10.1. The molecule has 1 aliphatic rings. The maximum absolute atomic E-state index is 12.3. The Morgan fingerprint density at radius 3 is 2.86 bits per heavy atom. The van der Waals surface area contributed by atoms with Gasteiger partial charge in [-0.2, -0.15) is 0 Å². The van der Waals surface area contributed by atoms with Crippen LogP contribution in [0, 0.1) is 0 Å². The number of carbonyl (C=O) groups is 1. The second kappa shape index (κ2) is 9.11. The Balaban J connectivity index is 1.66. The smallest absolute Gasteiger partial charge is 0.222 e. The van der Waals surface area contributed by atoms with E-state index in [2.05, 4.69) is 12.1 Å². The highest BCUT2D eigenvalue weighted by molar-refractivity contribution is 7.99. The van der Waals surface area contributed by atoms with E-state index in [1.807, 2.05) is 34.9 Å². The number of hydrogen-bond donors (Lipinski definition) is 1. The lowest BCUT2D eigenvalue weighted by molar-refractivity contribution is -0.132. The minimum Gasteiger partial charge on any atom is -0.396 e. The minimum absolute atomic E-state index is 0.228. The number of amides is 1. The molecular weight excluding hydrogens is 282 g/mol. The number of thioether (sulfide) groups is 1. The van der Waals surface area contributed by atoms with Gasteiger partial charge in [0.15, 0.2) is 0 Å². The summed E-state index contributed by atoms with van der Waals surface area (Å²) < 4.78 is 0. The third-order valence-corrected chi connectivity index (χ3v) is 5.04. The van der Waals surface area contributed by atoms with Crippen LogP contribution in [0.5, 0.6) is 0 Å². The molecule has 1 unspecified atom stereocenters. The van der Waals surface area contributed by atoms with Crippen LogP contribution in [0.25, 0.3) is 0 Å². The van der Waals surface area contributed by atoms with Gasteiger partial charge in [0.05, 0.1) is 0 Å². The topological polar surface area (TPSA) is 40.5 Å². The predicted octanol–water partition coefficient (Wildman–Crippen LogP) is 3.32. The molecular formula is C17H25NO2S. The molecule has 1 aliphatic heterocycles. The Labute approximate surface area is 131 Å². The maximum atomic E-state index is 12.3. The van der Waals surface area contributed by atoms with E-state index >= 15 is 0 Å². The van der Waals surface area contributed by atoms with Gasteiger partial charge in [0.25, 0.3) is 0 Å².